The molecule has 33 heavy (non-hydrogen) atoms. The van der Waals surface area contributed by atoms with Crippen molar-refractivity contribution in [1.29, 1.82) is 0 Å². The fraction of sp³-hybridized carbons (Fsp3) is 0.0870. The summed E-state index contributed by atoms with van der Waals surface area (Å²) in [6.45, 7) is 0. The molecule has 0 aliphatic heterocycles. The van der Waals surface area contributed by atoms with Crippen molar-refractivity contribution in [3.05, 3.63) is 99.6 Å². The lowest BCUT2D eigenvalue weighted by atomic mass is 10.1. The van der Waals surface area contributed by atoms with Crippen LogP contribution in [0, 0.1) is 0 Å². The first-order valence-electron chi connectivity index (χ1n) is 9.84. The standard InChI is InChI=1S/C23H19Cl3N4O2S/c1-27-23(29-33(31,32)18-10-7-16(24)8-11-18)20-14-22(15-5-3-2-4-6-15)30(28-20)21-12-9-17(25)13-19(21)26/h2-14,23,27,29H,1H3. The maximum Gasteiger partial charge on any atom is 0.242 e. The molecule has 3 aromatic carbocycles. The molecule has 0 bridgehead atoms. The molecule has 0 aliphatic carbocycles. The van der Waals surface area contributed by atoms with Gasteiger partial charge in [0.05, 0.1) is 27.0 Å². The predicted molar refractivity (Wildman–Crippen MR) is 133 cm³/mol. The first-order valence-corrected chi connectivity index (χ1v) is 12.5. The van der Waals surface area contributed by atoms with E-state index in [4.69, 9.17) is 34.8 Å². The Morgan fingerprint density at radius 2 is 1.55 bits per heavy atom. The summed E-state index contributed by atoms with van der Waals surface area (Å²) in [6.07, 6.45) is -0.805. The van der Waals surface area contributed by atoms with Crippen LogP contribution in [0.25, 0.3) is 16.9 Å². The highest BCUT2D eigenvalue weighted by Crippen LogP contribution is 2.31. The Balaban J connectivity index is 1.78. The highest BCUT2D eigenvalue weighted by atomic mass is 35.5. The largest absolute Gasteiger partial charge is 0.299 e. The molecule has 1 aromatic heterocycles. The van der Waals surface area contributed by atoms with E-state index in [0.717, 1.165) is 11.3 Å². The van der Waals surface area contributed by atoms with Crippen LogP contribution in [-0.4, -0.2) is 25.2 Å². The van der Waals surface area contributed by atoms with Crippen LogP contribution < -0.4 is 10.0 Å². The number of halogens is 3. The van der Waals surface area contributed by atoms with Crippen LogP contribution in [-0.2, 0) is 10.0 Å². The predicted octanol–water partition coefficient (Wildman–Crippen LogP) is 5.70. The number of nitrogens with zero attached hydrogens (tertiary/aromatic N) is 2. The van der Waals surface area contributed by atoms with Crippen LogP contribution in [0.2, 0.25) is 15.1 Å². The van der Waals surface area contributed by atoms with Gasteiger partial charge in [-0.3, -0.25) is 5.32 Å². The van der Waals surface area contributed by atoms with E-state index in [1.807, 2.05) is 36.4 Å². The number of sulfonamides is 1. The average molecular weight is 522 g/mol. The SMILES string of the molecule is CNC(NS(=O)(=O)c1ccc(Cl)cc1)c1cc(-c2ccccc2)n(-c2ccc(Cl)cc2Cl)n1. The number of aromatic nitrogens is 2. The summed E-state index contributed by atoms with van der Waals surface area (Å²) in [7, 11) is -2.20. The van der Waals surface area contributed by atoms with Crippen LogP contribution >= 0.6 is 34.8 Å². The van der Waals surface area contributed by atoms with E-state index in [2.05, 4.69) is 15.1 Å². The van der Waals surface area contributed by atoms with E-state index in [1.165, 1.54) is 24.3 Å². The zero-order valence-electron chi connectivity index (χ0n) is 17.3. The van der Waals surface area contributed by atoms with Gasteiger partial charge in [0.1, 0.15) is 6.17 Å². The van der Waals surface area contributed by atoms with Gasteiger partial charge in [0.2, 0.25) is 10.0 Å². The minimum Gasteiger partial charge on any atom is -0.299 e. The van der Waals surface area contributed by atoms with Crippen LogP contribution in [0.15, 0.2) is 83.8 Å². The van der Waals surface area contributed by atoms with Gasteiger partial charge in [-0.05, 0) is 55.6 Å². The Morgan fingerprint density at radius 1 is 0.879 bits per heavy atom. The molecule has 0 saturated carbocycles. The summed E-state index contributed by atoms with van der Waals surface area (Å²) < 4.78 is 30.2. The minimum atomic E-state index is -3.85. The zero-order valence-corrected chi connectivity index (χ0v) is 20.4. The highest BCUT2D eigenvalue weighted by molar-refractivity contribution is 7.89. The number of rotatable bonds is 7. The van der Waals surface area contributed by atoms with Crippen LogP contribution in [0.3, 0.4) is 0 Å². The van der Waals surface area contributed by atoms with E-state index in [1.54, 1.807) is 29.9 Å². The van der Waals surface area contributed by atoms with Crippen molar-refractivity contribution in [3.8, 4) is 16.9 Å². The molecule has 4 aromatic rings. The van der Waals surface area contributed by atoms with Gasteiger partial charge in [0.15, 0.2) is 0 Å². The molecular weight excluding hydrogens is 503 g/mol. The quantitative estimate of drug-likeness (QED) is 0.306. The average Bonchev–Trinajstić information content (AvgIpc) is 3.23. The summed E-state index contributed by atoms with van der Waals surface area (Å²) in [5.41, 5.74) is 2.69. The van der Waals surface area contributed by atoms with Crippen molar-refractivity contribution in [2.45, 2.75) is 11.1 Å². The molecule has 10 heteroatoms. The molecule has 2 N–H and O–H groups in total. The summed E-state index contributed by atoms with van der Waals surface area (Å²) in [4.78, 5) is 0.0932. The lowest BCUT2D eigenvalue weighted by Gasteiger charge is -2.16. The molecule has 0 radical (unpaired) electrons. The van der Waals surface area contributed by atoms with E-state index in [9.17, 15) is 8.42 Å². The Labute approximate surface area is 207 Å². The zero-order chi connectivity index (χ0) is 23.6. The van der Waals surface area contributed by atoms with Gasteiger partial charge < -0.3 is 0 Å². The lowest BCUT2D eigenvalue weighted by Crippen LogP contribution is -2.36. The van der Waals surface area contributed by atoms with Crippen molar-refractivity contribution >= 4 is 44.8 Å². The van der Waals surface area contributed by atoms with Crippen molar-refractivity contribution in [1.82, 2.24) is 19.8 Å². The molecule has 6 nitrogen and oxygen atoms in total. The van der Waals surface area contributed by atoms with E-state index >= 15 is 0 Å². The van der Waals surface area contributed by atoms with Gasteiger partial charge in [-0.25, -0.2) is 13.1 Å². The van der Waals surface area contributed by atoms with Crippen LogP contribution in [0.4, 0.5) is 0 Å². The molecule has 4 rings (SSSR count). The van der Waals surface area contributed by atoms with E-state index < -0.39 is 16.2 Å². The van der Waals surface area contributed by atoms with Crippen molar-refractivity contribution in [3.63, 3.8) is 0 Å². The van der Waals surface area contributed by atoms with Gasteiger partial charge in [-0.15, -0.1) is 0 Å². The second-order valence-corrected chi connectivity index (χ2v) is 10.1. The second-order valence-electron chi connectivity index (χ2n) is 7.12. The first kappa shape index (κ1) is 23.8. The Kier molecular flexibility index (Phi) is 7.09. The number of hydrogen-bond donors (Lipinski definition) is 2. The molecule has 0 amide bonds. The smallest absolute Gasteiger partial charge is 0.242 e. The van der Waals surface area contributed by atoms with Crippen molar-refractivity contribution in [2.75, 3.05) is 7.05 Å². The van der Waals surface area contributed by atoms with Crippen molar-refractivity contribution in [2.24, 2.45) is 0 Å². The molecule has 1 heterocycles. The maximum atomic E-state index is 12.9. The topological polar surface area (TPSA) is 76.0 Å². The Morgan fingerprint density at radius 3 is 2.18 bits per heavy atom. The molecule has 1 unspecified atom stereocenters. The third kappa shape index (κ3) is 5.24. The highest BCUT2D eigenvalue weighted by Gasteiger charge is 2.24. The molecule has 0 aliphatic rings. The van der Waals surface area contributed by atoms with Crippen molar-refractivity contribution < 1.29 is 8.42 Å². The van der Waals surface area contributed by atoms with Gasteiger partial charge in [0.25, 0.3) is 0 Å². The summed E-state index contributed by atoms with van der Waals surface area (Å²) in [5.74, 6) is 0. The maximum absolute atomic E-state index is 12.9. The normalized spacial score (nSPS) is 12.6. The molecule has 0 saturated heterocycles. The fourth-order valence-corrected chi connectivity index (χ4v) is 5.09. The number of benzene rings is 3. The molecule has 1 atom stereocenters. The molecular formula is C23H19Cl3N4O2S. The van der Waals surface area contributed by atoms with Gasteiger partial charge in [-0.1, -0.05) is 65.1 Å². The third-order valence-electron chi connectivity index (χ3n) is 4.92. The van der Waals surface area contributed by atoms with Crippen LogP contribution in [0.1, 0.15) is 11.9 Å². The van der Waals surface area contributed by atoms with Crippen LogP contribution in [0.5, 0.6) is 0 Å². The Bertz CT molecular complexity index is 1370. The molecule has 0 fully saturated rings. The van der Waals surface area contributed by atoms with E-state index in [-0.39, 0.29) is 4.90 Å². The summed E-state index contributed by atoms with van der Waals surface area (Å²) in [6, 6.07) is 22.5. The van der Waals surface area contributed by atoms with E-state index in [0.29, 0.717) is 26.4 Å². The first-order chi connectivity index (χ1) is 15.8. The third-order valence-corrected chi connectivity index (χ3v) is 7.15. The fourth-order valence-electron chi connectivity index (χ4n) is 3.30. The number of hydrogen-bond acceptors (Lipinski definition) is 4. The van der Waals surface area contributed by atoms with Gasteiger partial charge in [-0.2, -0.15) is 9.82 Å². The number of nitrogens with one attached hydrogen (secondary N) is 2. The Hall–Kier alpha value is -2.39. The van der Waals surface area contributed by atoms with Gasteiger partial charge in [0, 0.05) is 15.6 Å². The molecule has 170 valence electrons. The monoisotopic (exact) mass is 520 g/mol. The summed E-state index contributed by atoms with van der Waals surface area (Å²) in [5, 5.41) is 9.03. The second kappa shape index (κ2) is 9.85. The minimum absolute atomic E-state index is 0.0932. The summed E-state index contributed by atoms with van der Waals surface area (Å²) >= 11 is 18.4. The molecule has 0 spiro atoms. The van der Waals surface area contributed by atoms with Gasteiger partial charge >= 0.3 is 0 Å². The lowest BCUT2D eigenvalue weighted by molar-refractivity contribution is 0.513.